The molecule has 112 valence electrons. The Morgan fingerprint density at radius 3 is 2.70 bits per heavy atom. The number of hydrogen-bond acceptors (Lipinski definition) is 2. The Morgan fingerprint density at radius 2 is 2.15 bits per heavy atom. The predicted octanol–water partition coefficient (Wildman–Crippen LogP) is 3.64. The number of nitrogens with two attached hydrogens (primary N) is 1. The minimum Gasteiger partial charge on any atom is -0.325 e. The van der Waals surface area contributed by atoms with Crippen LogP contribution < -0.4 is 5.73 Å². The van der Waals surface area contributed by atoms with Crippen molar-refractivity contribution < 1.29 is 13.2 Å². The predicted molar refractivity (Wildman–Crippen MR) is 72.3 cm³/mol. The van der Waals surface area contributed by atoms with Gasteiger partial charge in [0.25, 0.3) is 0 Å². The van der Waals surface area contributed by atoms with Gasteiger partial charge in [-0.3, -0.25) is 4.98 Å². The number of aromatic nitrogens is 1. The maximum absolute atomic E-state index is 12.9. The van der Waals surface area contributed by atoms with Crippen molar-refractivity contribution in [3.05, 3.63) is 29.6 Å². The van der Waals surface area contributed by atoms with Gasteiger partial charge in [0.05, 0.1) is 5.92 Å². The first kappa shape index (κ1) is 15.3. The van der Waals surface area contributed by atoms with Gasteiger partial charge in [0.15, 0.2) is 0 Å². The summed E-state index contributed by atoms with van der Waals surface area (Å²) in [5, 5.41) is 0. The lowest BCUT2D eigenvalue weighted by Gasteiger charge is -2.38. The Labute approximate surface area is 117 Å². The van der Waals surface area contributed by atoms with Crippen LogP contribution >= 0.6 is 0 Å². The van der Waals surface area contributed by atoms with Crippen LogP contribution in [0.3, 0.4) is 0 Å². The van der Waals surface area contributed by atoms with Crippen LogP contribution in [0.5, 0.6) is 0 Å². The van der Waals surface area contributed by atoms with Gasteiger partial charge < -0.3 is 5.73 Å². The molecule has 2 nitrogen and oxygen atoms in total. The molecule has 2 unspecified atom stereocenters. The summed E-state index contributed by atoms with van der Waals surface area (Å²) >= 11 is 0. The number of pyridine rings is 1. The van der Waals surface area contributed by atoms with Gasteiger partial charge >= 0.3 is 6.18 Å². The highest BCUT2D eigenvalue weighted by Gasteiger charge is 2.46. The van der Waals surface area contributed by atoms with Crippen molar-refractivity contribution in [2.24, 2.45) is 11.7 Å². The van der Waals surface area contributed by atoms with E-state index in [2.05, 4.69) is 4.98 Å². The maximum atomic E-state index is 12.9. The summed E-state index contributed by atoms with van der Waals surface area (Å²) < 4.78 is 38.6. The number of halogens is 3. The molecule has 1 saturated carbocycles. The number of alkyl halides is 3. The molecule has 0 aromatic carbocycles. The Balaban J connectivity index is 2.06. The molecule has 0 saturated heterocycles. The third kappa shape index (κ3) is 3.72. The van der Waals surface area contributed by atoms with E-state index in [9.17, 15) is 13.2 Å². The van der Waals surface area contributed by atoms with Crippen molar-refractivity contribution in [1.29, 1.82) is 0 Å². The first-order valence-electron chi connectivity index (χ1n) is 7.12. The van der Waals surface area contributed by atoms with Crippen molar-refractivity contribution in [3.8, 4) is 0 Å². The topological polar surface area (TPSA) is 38.9 Å². The smallest absolute Gasteiger partial charge is 0.325 e. The average Bonchev–Trinajstić information content (AvgIpc) is 2.38. The van der Waals surface area contributed by atoms with Gasteiger partial charge in [-0.1, -0.05) is 19.4 Å². The third-order valence-electron chi connectivity index (χ3n) is 4.17. The standard InChI is InChI=1S/C15H21F3N2/c1-2-11-5-6-13(20-10-11)9-14(19)7-3-4-12(8-14)15(16,17)18/h5-6,10,12H,2-4,7-9,19H2,1H3. The van der Waals surface area contributed by atoms with E-state index in [1.807, 2.05) is 19.1 Å². The van der Waals surface area contributed by atoms with E-state index < -0.39 is 17.6 Å². The molecular weight excluding hydrogens is 265 g/mol. The van der Waals surface area contributed by atoms with Crippen LogP contribution in [0, 0.1) is 5.92 Å². The molecule has 0 aliphatic heterocycles. The van der Waals surface area contributed by atoms with E-state index in [1.165, 1.54) is 0 Å². The molecular formula is C15H21F3N2. The number of nitrogens with zero attached hydrogens (tertiary/aromatic N) is 1. The van der Waals surface area contributed by atoms with Gasteiger partial charge in [-0.2, -0.15) is 13.2 Å². The Hall–Kier alpha value is -1.10. The summed E-state index contributed by atoms with van der Waals surface area (Å²) in [7, 11) is 0. The van der Waals surface area contributed by atoms with Gasteiger partial charge in [0, 0.05) is 23.9 Å². The molecule has 0 spiro atoms. The fraction of sp³-hybridized carbons (Fsp3) is 0.667. The van der Waals surface area contributed by atoms with Crippen LogP contribution in [-0.2, 0) is 12.8 Å². The zero-order valence-corrected chi connectivity index (χ0v) is 11.7. The van der Waals surface area contributed by atoms with Crippen molar-refractivity contribution in [3.63, 3.8) is 0 Å². The summed E-state index contributed by atoms with van der Waals surface area (Å²) in [6, 6.07) is 3.85. The van der Waals surface area contributed by atoms with Crippen LogP contribution in [0.15, 0.2) is 18.3 Å². The molecule has 5 heteroatoms. The average molecular weight is 286 g/mol. The quantitative estimate of drug-likeness (QED) is 0.921. The highest BCUT2D eigenvalue weighted by atomic mass is 19.4. The minimum absolute atomic E-state index is 0.00765. The van der Waals surface area contributed by atoms with E-state index in [4.69, 9.17) is 5.73 Å². The zero-order valence-electron chi connectivity index (χ0n) is 11.7. The Kier molecular flexibility index (Phi) is 4.37. The van der Waals surface area contributed by atoms with E-state index in [-0.39, 0.29) is 12.8 Å². The molecule has 2 atom stereocenters. The van der Waals surface area contributed by atoms with Gasteiger partial charge in [0.1, 0.15) is 0 Å². The molecule has 20 heavy (non-hydrogen) atoms. The first-order valence-corrected chi connectivity index (χ1v) is 7.12. The third-order valence-corrected chi connectivity index (χ3v) is 4.17. The molecule has 1 aromatic heterocycles. The van der Waals surface area contributed by atoms with E-state index in [1.54, 1.807) is 6.20 Å². The van der Waals surface area contributed by atoms with Crippen LogP contribution in [0.4, 0.5) is 13.2 Å². The van der Waals surface area contributed by atoms with E-state index in [0.717, 1.165) is 17.7 Å². The van der Waals surface area contributed by atoms with Crippen LogP contribution in [0.2, 0.25) is 0 Å². The van der Waals surface area contributed by atoms with Crippen molar-refractivity contribution in [2.45, 2.75) is 57.2 Å². The lowest BCUT2D eigenvalue weighted by molar-refractivity contribution is -0.187. The van der Waals surface area contributed by atoms with Gasteiger partial charge in [-0.25, -0.2) is 0 Å². The molecule has 2 rings (SSSR count). The number of hydrogen-bond donors (Lipinski definition) is 1. The van der Waals surface area contributed by atoms with E-state index >= 15 is 0 Å². The SMILES string of the molecule is CCc1ccc(CC2(N)CCCC(C(F)(F)F)C2)nc1. The number of rotatable bonds is 3. The molecule has 1 aliphatic carbocycles. The minimum atomic E-state index is -4.13. The summed E-state index contributed by atoms with van der Waals surface area (Å²) in [6.45, 7) is 2.04. The van der Waals surface area contributed by atoms with Gasteiger partial charge in [0.2, 0.25) is 0 Å². The van der Waals surface area contributed by atoms with Crippen LogP contribution in [0.1, 0.15) is 43.9 Å². The molecule has 0 radical (unpaired) electrons. The molecule has 1 aliphatic rings. The van der Waals surface area contributed by atoms with Gasteiger partial charge in [-0.15, -0.1) is 0 Å². The van der Waals surface area contributed by atoms with Crippen molar-refractivity contribution in [2.75, 3.05) is 0 Å². The maximum Gasteiger partial charge on any atom is 0.391 e. The lowest BCUT2D eigenvalue weighted by Crippen LogP contribution is -2.49. The zero-order chi connectivity index (χ0) is 14.8. The summed E-state index contributed by atoms with van der Waals surface area (Å²) in [5.74, 6) is -1.27. The highest BCUT2D eigenvalue weighted by Crippen LogP contribution is 2.41. The summed E-state index contributed by atoms with van der Waals surface area (Å²) in [6.07, 6.45) is 0.344. The van der Waals surface area contributed by atoms with Gasteiger partial charge in [-0.05, 0) is 37.3 Å². The fourth-order valence-electron chi connectivity index (χ4n) is 2.96. The molecule has 0 amide bonds. The highest BCUT2D eigenvalue weighted by molar-refractivity contribution is 5.16. The summed E-state index contributed by atoms with van der Waals surface area (Å²) in [4.78, 5) is 4.31. The summed E-state index contributed by atoms with van der Waals surface area (Å²) in [5.41, 5.74) is 7.34. The molecule has 2 N–H and O–H groups in total. The van der Waals surface area contributed by atoms with Crippen molar-refractivity contribution in [1.82, 2.24) is 4.98 Å². The Bertz CT molecular complexity index is 441. The van der Waals surface area contributed by atoms with E-state index in [0.29, 0.717) is 19.3 Å². The largest absolute Gasteiger partial charge is 0.391 e. The Morgan fingerprint density at radius 1 is 1.40 bits per heavy atom. The fourth-order valence-corrected chi connectivity index (χ4v) is 2.96. The second-order valence-electron chi connectivity index (χ2n) is 5.89. The molecule has 1 fully saturated rings. The number of aryl methyl sites for hydroxylation is 1. The van der Waals surface area contributed by atoms with Crippen LogP contribution in [-0.4, -0.2) is 16.7 Å². The normalized spacial score (nSPS) is 27.6. The first-order chi connectivity index (χ1) is 9.32. The molecule has 1 heterocycles. The molecule has 1 aromatic rings. The molecule has 0 bridgehead atoms. The van der Waals surface area contributed by atoms with Crippen molar-refractivity contribution >= 4 is 0 Å². The van der Waals surface area contributed by atoms with Crippen LogP contribution in [0.25, 0.3) is 0 Å². The lowest BCUT2D eigenvalue weighted by atomic mass is 9.73. The second-order valence-corrected chi connectivity index (χ2v) is 5.89. The second kappa shape index (κ2) is 5.72. The monoisotopic (exact) mass is 286 g/mol.